The topological polar surface area (TPSA) is 103 Å². The lowest BCUT2D eigenvalue weighted by molar-refractivity contribution is 0.0692. The number of nitrogens with zero attached hydrogens (tertiary/aromatic N) is 1. The number of nitrogens with one attached hydrogen (secondary N) is 1. The number of carbonyl (C=O) groups is 1. The van der Waals surface area contributed by atoms with Crippen molar-refractivity contribution in [3.05, 3.63) is 63.1 Å². The summed E-state index contributed by atoms with van der Waals surface area (Å²) in [5.41, 5.74) is -0.698. The number of aromatic carboxylic acids is 1. The Labute approximate surface area is 120 Å². The van der Waals surface area contributed by atoms with Crippen molar-refractivity contribution in [3.8, 4) is 11.8 Å². The molecule has 1 aromatic heterocycles. The summed E-state index contributed by atoms with van der Waals surface area (Å²) in [6.45, 7) is 1.30. The maximum atomic E-state index is 11.8. The molecule has 0 unspecified atom stereocenters. The lowest BCUT2D eigenvalue weighted by Crippen LogP contribution is -2.21. The van der Waals surface area contributed by atoms with Crippen molar-refractivity contribution in [2.75, 3.05) is 0 Å². The number of para-hydroxylation sites is 1. The molecule has 2 N–H and O–H groups in total. The monoisotopic (exact) mass is 284 g/mol. The second-order valence-corrected chi connectivity index (χ2v) is 4.33. The van der Waals surface area contributed by atoms with Crippen LogP contribution in [0, 0.1) is 18.3 Å². The van der Waals surface area contributed by atoms with Gasteiger partial charge in [0.2, 0.25) is 0 Å². The van der Waals surface area contributed by atoms with Crippen LogP contribution in [0.15, 0.2) is 35.1 Å². The summed E-state index contributed by atoms with van der Waals surface area (Å²) < 4.78 is 5.47. The maximum absolute atomic E-state index is 11.8. The Balaban J connectivity index is 2.48. The van der Waals surface area contributed by atoms with E-state index in [1.54, 1.807) is 30.3 Å². The van der Waals surface area contributed by atoms with Gasteiger partial charge in [0.25, 0.3) is 5.56 Å². The highest BCUT2D eigenvalue weighted by atomic mass is 16.5. The summed E-state index contributed by atoms with van der Waals surface area (Å²) in [4.78, 5) is 25.5. The number of H-pyrrole nitrogens is 1. The van der Waals surface area contributed by atoms with Crippen LogP contribution in [-0.2, 0) is 6.61 Å². The van der Waals surface area contributed by atoms with Gasteiger partial charge >= 0.3 is 5.97 Å². The predicted octanol–water partition coefficient (Wildman–Crippen LogP) is 1.83. The van der Waals surface area contributed by atoms with E-state index in [2.05, 4.69) is 4.98 Å². The molecule has 0 fully saturated rings. The molecule has 0 atom stereocenters. The first-order valence-corrected chi connectivity index (χ1v) is 6.11. The van der Waals surface area contributed by atoms with Crippen LogP contribution < -0.4 is 10.3 Å². The normalized spacial score (nSPS) is 9.90. The maximum Gasteiger partial charge on any atom is 0.337 e. The number of rotatable bonds is 4. The first-order valence-electron chi connectivity index (χ1n) is 6.11. The Kier molecular flexibility index (Phi) is 4.05. The molecular weight excluding hydrogens is 272 g/mol. The first-order chi connectivity index (χ1) is 10.0. The minimum Gasteiger partial charge on any atom is -0.489 e. The van der Waals surface area contributed by atoms with E-state index in [1.807, 2.05) is 6.07 Å². The molecule has 1 heterocycles. The number of nitriles is 1. The highest BCUT2D eigenvalue weighted by Crippen LogP contribution is 2.18. The number of hydrogen-bond donors (Lipinski definition) is 2. The van der Waals surface area contributed by atoms with Gasteiger partial charge in [0.1, 0.15) is 24.0 Å². The number of carboxylic acids is 1. The van der Waals surface area contributed by atoms with Crippen LogP contribution in [0.4, 0.5) is 0 Å². The van der Waals surface area contributed by atoms with Crippen LogP contribution in [0.2, 0.25) is 0 Å². The molecule has 0 radical (unpaired) electrons. The van der Waals surface area contributed by atoms with E-state index in [0.29, 0.717) is 5.75 Å². The van der Waals surface area contributed by atoms with Gasteiger partial charge in [-0.3, -0.25) is 4.79 Å². The van der Waals surface area contributed by atoms with E-state index in [4.69, 9.17) is 10.00 Å². The minimum atomic E-state index is -1.22. The van der Waals surface area contributed by atoms with E-state index in [1.165, 1.54) is 6.92 Å². The van der Waals surface area contributed by atoms with Crippen molar-refractivity contribution in [1.29, 1.82) is 5.26 Å². The molecule has 106 valence electrons. The average Bonchev–Trinajstić information content (AvgIpc) is 2.45. The number of carboxylic acid groups (broad SMARTS) is 1. The molecule has 1 aromatic carbocycles. The van der Waals surface area contributed by atoms with Crippen LogP contribution in [-0.4, -0.2) is 16.1 Å². The zero-order chi connectivity index (χ0) is 15.4. The summed E-state index contributed by atoms with van der Waals surface area (Å²) >= 11 is 0. The second-order valence-electron chi connectivity index (χ2n) is 4.33. The highest BCUT2D eigenvalue weighted by molar-refractivity contribution is 5.91. The summed E-state index contributed by atoms with van der Waals surface area (Å²) in [6, 6.07) is 10.5. The van der Waals surface area contributed by atoms with Gasteiger partial charge in [0, 0.05) is 11.3 Å². The predicted molar refractivity (Wildman–Crippen MR) is 74.2 cm³/mol. The van der Waals surface area contributed by atoms with E-state index in [-0.39, 0.29) is 29.0 Å². The number of benzene rings is 1. The molecular formula is C15H12N2O4. The van der Waals surface area contributed by atoms with Crippen LogP contribution in [0.3, 0.4) is 0 Å². The van der Waals surface area contributed by atoms with Gasteiger partial charge in [-0.25, -0.2) is 4.79 Å². The fraction of sp³-hybridized carbons (Fsp3) is 0.133. The minimum absolute atomic E-state index is 0.0788. The van der Waals surface area contributed by atoms with Gasteiger partial charge in [0.15, 0.2) is 0 Å². The Hall–Kier alpha value is -3.07. The zero-order valence-corrected chi connectivity index (χ0v) is 11.2. The van der Waals surface area contributed by atoms with Crippen LogP contribution >= 0.6 is 0 Å². The summed E-state index contributed by atoms with van der Waals surface area (Å²) in [5.74, 6) is -0.692. The lowest BCUT2D eigenvalue weighted by atomic mass is 10.0. The van der Waals surface area contributed by atoms with Crippen LogP contribution in [0.5, 0.6) is 5.75 Å². The molecule has 0 saturated carbocycles. The molecule has 0 bridgehead atoms. The van der Waals surface area contributed by atoms with Crippen molar-refractivity contribution < 1.29 is 14.6 Å². The third kappa shape index (κ3) is 2.92. The third-order valence-corrected chi connectivity index (χ3v) is 2.96. The summed E-state index contributed by atoms with van der Waals surface area (Å²) in [7, 11) is 0. The average molecular weight is 284 g/mol. The molecule has 0 aliphatic carbocycles. The first kappa shape index (κ1) is 14.3. The van der Waals surface area contributed by atoms with Gasteiger partial charge in [-0.15, -0.1) is 0 Å². The highest BCUT2D eigenvalue weighted by Gasteiger charge is 2.21. The SMILES string of the molecule is Cc1[nH]c(=O)c(C#N)c(COc2ccccc2)c1C(=O)O. The largest absolute Gasteiger partial charge is 0.489 e. The fourth-order valence-corrected chi connectivity index (χ4v) is 2.01. The van der Waals surface area contributed by atoms with E-state index >= 15 is 0 Å². The molecule has 0 saturated heterocycles. The molecule has 0 aliphatic heterocycles. The number of aromatic nitrogens is 1. The van der Waals surface area contributed by atoms with Crippen LogP contribution in [0.25, 0.3) is 0 Å². The molecule has 2 rings (SSSR count). The van der Waals surface area contributed by atoms with Crippen molar-refractivity contribution in [2.45, 2.75) is 13.5 Å². The summed E-state index contributed by atoms with van der Waals surface area (Å²) in [6.07, 6.45) is 0. The molecule has 0 aliphatic rings. The lowest BCUT2D eigenvalue weighted by Gasteiger charge is -2.12. The molecule has 6 nitrogen and oxygen atoms in total. The second kappa shape index (κ2) is 5.92. The van der Waals surface area contributed by atoms with Gasteiger partial charge < -0.3 is 14.8 Å². The van der Waals surface area contributed by atoms with Crippen molar-refractivity contribution >= 4 is 5.97 Å². The number of aryl methyl sites for hydroxylation is 1. The fourth-order valence-electron chi connectivity index (χ4n) is 2.01. The molecule has 2 aromatic rings. The van der Waals surface area contributed by atoms with E-state index in [0.717, 1.165) is 0 Å². The third-order valence-electron chi connectivity index (χ3n) is 2.96. The Morgan fingerprint density at radius 2 is 2.05 bits per heavy atom. The number of hydrogen-bond acceptors (Lipinski definition) is 4. The smallest absolute Gasteiger partial charge is 0.337 e. The van der Waals surface area contributed by atoms with E-state index in [9.17, 15) is 14.7 Å². The number of aromatic amines is 1. The number of pyridine rings is 1. The van der Waals surface area contributed by atoms with Gasteiger partial charge in [-0.05, 0) is 19.1 Å². The Bertz CT molecular complexity index is 773. The van der Waals surface area contributed by atoms with Crippen molar-refractivity contribution in [3.63, 3.8) is 0 Å². The Morgan fingerprint density at radius 3 is 2.62 bits per heavy atom. The molecule has 21 heavy (non-hydrogen) atoms. The van der Waals surface area contributed by atoms with Gasteiger partial charge in [0.05, 0.1) is 5.56 Å². The van der Waals surface area contributed by atoms with Crippen LogP contribution in [0.1, 0.15) is 27.2 Å². The molecule has 6 heteroatoms. The molecule has 0 spiro atoms. The van der Waals surface area contributed by atoms with Crippen molar-refractivity contribution in [2.24, 2.45) is 0 Å². The Morgan fingerprint density at radius 1 is 1.38 bits per heavy atom. The van der Waals surface area contributed by atoms with Gasteiger partial charge in [-0.2, -0.15) is 5.26 Å². The molecule has 0 amide bonds. The van der Waals surface area contributed by atoms with E-state index < -0.39 is 11.5 Å². The standard InChI is InChI=1S/C15H12N2O4/c1-9-13(15(19)20)12(11(7-16)14(18)17-9)8-21-10-5-3-2-4-6-10/h2-6H,8H2,1H3,(H,17,18)(H,19,20). The number of ether oxygens (including phenoxy) is 1. The summed E-state index contributed by atoms with van der Waals surface area (Å²) in [5, 5.41) is 18.3. The quantitative estimate of drug-likeness (QED) is 0.891. The van der Waals surface area contributed by atoms with Gasteiger partial charge in [-0.1, -0.05) is 18.2 Å². The zero-order valence-electron chi connectivity index (χ0n) is 11.2. The van der Waals surface area contributed by atoms with Crippen molar-refractivity contribution in [1.82, 2.24) is 4.98 Å².